The van der Waals surface area contributed by atoms with Crippen LogP contribution in [0.2, 0.25) is 5.02 Å². The van der Waals surface area contributed by atoms with Gasteiger partial charge in [0.1, 0.15) is 5.02 Å². The van der Waals surface area contributed by atoms with Crippen LogP contribution in [0, 0.1) is 5.92 Å². The zero-order valence-electron chi connectivity index (χ0n) is 19.7. The molecule has 2 aliphatic rings. The Morgan fingerprint density at radius 3 is 2.86 bits per heavy atom. The lowest BCUT2D eigenvalue weighted by atomic mass is 10.0. The third kappa shape index (κ3) is 4.35. The van der Waals surface area contributed by atoms with Gasteiger partial charge < -0.3 is 24.8 Å². The molecule has 11 heteroatoms. The Bertz CT molecular complexity index is 1340. The van der Waals surface area contributed by atoms with Crippen LogP contribution in [0.15, 0.2) is 29.2 Å². The largest absolute Gasteiger partial charge is 0.480 e. The van der Waals surface area contributed by atoms with E-state index in [2.05, 4.69) is 27.5 Å². The third-order valence-corrected chi connectivity index (χ3v) is 6.78. The van der Waals surface area contributed by atoms with Crippen LogP contribution in [-0.4, -0.2) is 46.7 Å². The highest BCUT2D eigenvalue weighted by molar-refractivity contribution is 6.32. The van der Waals surface area contributed by atoms with Gasteiger partial charge in [-0.25, -0.2) is 13.8 Å². The summed E-state index contributed by atoms with van der Waals surface area (Å²) < 4.78 is 36.5. The summed E-state index contributed by atoms with van der Waals surface area (Å²) in [4.78, 5) is 23.7. The molecule has 186 valence electrons. The number of alkyl halides is 2. The van der Waals surface area contributed by atoms with Crippen LogP contribution in [0.4, 0.5) is 31.9 Å². The maximum Gasteiger partial charge on any atom is 0.301 e. The van der Waals surface area contributed by atoms with E-state index >= 15 is 0 Å². The topological polar surface area (TPSA) is 84.3 Å². The minimum Gasteiger partial charge on any atom is -0.480 e. The molecule has 1 aliphatic heterocycles. The Hall–Kier alpha value is -3.14. The number of anilines is 4. The number of fused-ring (bicyclic) bond motifs is 3. The first-order chi connectivity index (χ1) is 16.7. The minimum absolute atomic E-state index is 0.0940. The number of ether oxygens (including phenoxy) is 1. The van der Waals surface area contributed by atoms with Gasteiger partial charge in [0.25, 0.3) is 5.56 Å². The SMILES string of the molecule is CCCN(C)c1ncc(Cl)c(Nc2ccc3c(c2)c2c(c(=O)n3C)OCC(F)(F)C(C3CC3)N2)n1. The number of benzene rings is 1. The maximum atomic E-state index is 14.8. The molecule has 2 aromatic heterocycles. The molecule has 1 unspecified atom stereocenters. The number of aromatic nitrogens is 3. The van der Waals surface area contributed by atoms with Crippen molar-refractivity contribution in [1.29, 1.82) is 0 Å². The van der Waals surface area contributed by atoms with Crippen molar-refractivity contribution in [1.82, 2.24) is 14.5 Å². The predicted molar refractivity (Wildman–Crippen MR) is 134 cm³/mol. The van der Waals surface area contributed by atoms with Crippen LogP contribution < -0.4 is 25.8 Å². The highest BCUT2D eigenvalue weighted by Crippen LogP contribution is 2.45. The number of nitrogens with one attached hydrogen (secondary N) is 2. The van der Waals surface area contributed by atoms with Crippen LogP contribution in [-0.2, 0) is 7.05 Å². The number of rotatable bonds is 6. The summed E-state index contributed by atoms with van der Waals surface area (Å²) in [5, 5.41) is 7.12. The van der Waals surface area contributed by atoms with Crippen molar-refractivity contribution in [2.24, 2.45) is 13.0 Å². The van der Waals surface area contributed by atoms with E-state index in [9.17, 15) is 13.6 Å². The highest BCUT2D eigenvalue weighted by Gasteiger charge is 2.51. The number of aryl methyl sites for hydroxylation is 1. The van der Waals surface area contributed by atoms with E-state index < -0.39 is 24.1 Å². The lowest BCUT2D eigenvalue weighted by Crippen LogP contribution is -2.44. The second kappa shape index (κ2) is 8.82. The normalized spacial score (nSPS) is 18.9. The zero-order chi connectivity index (χ0) is 24.9. The minimum atomic E-state index is -3.09. The lowest BCUT2D eigenvalue weighted by Gasteiger charge is -2.25. The van der Waals surface area contributed by atoms with Gasteiger partial charge in [0, 0.05) is 31.7 Å². The molecule has 1 aliphatic carbocycles. The van der Waals surface area contributed by atoms with E-state index in [0.29, 0.717) is 33.4 Å². The Morgan fingerprint density at radius 1 is 1.37 bits per heavy atom. The van der Waals surface area contributed by atoms with E-state index in [1.54, 1.807) is 25.2 Å². The van der Waals surface area contributed by atoms with Crippen molar-refractivity contribution in [3.05, 3.63) is 39.8 Å². The van der Waals surface area contributed by atoms with Gasteiger partial charge in [0.2, 0.25) is 11.7 Å². The second-order valence-electron chi connectivity index (χ2n) is 9.22. The molecule has 0 saturated heterocycles. The number of halogens is 3. The molecular formula is C24H27ClF2N6O2. The van der Waals surface area contributed by atoms with E-state index in [1.165, 1.54) is 10.8 Å². The molecule has 8 nitrogen and oxygen atoms in total. The monoisotopic (exact) mass is 504 g/mol. The fourth-order valence-electron chi connectivity index (χ4n) is 4.49. The summed E-state index contributed by atoms with van der Waals surface area (Å²) in [5.74, 6) is -2.40. The number of pyridine rings is 1. The summed E-state index contributed by atoms with van der Waals surface area (Å²) in [6, 6.07) is 4.23. The first-order valence-corrected chi connectivity index (χ1v) is 12.0. The Labute approximate surface area is 206 Å². The second-order valence-corrected chi connectivity index (χ2v) is 9.63. The fourth-order valence-corrected chi connectivity index (χ4v) is 4.63. The van der Waals surface area contributed by atoms with Crippen molar-refractivity contribution in [2.45, 2.75) is 38.2 Å². The first kappa shape index (κ1) is 23.6. The van der Waals surface area contributed by atoms with Crippen LogP contribution in [0.25, 0.3) is 10.9 Å². The van der Waals surface area contributed by atoms with Gasteiger partial charge in [-0.3, -0.25) is 4.79 Å². The average molecular weight is 505 g/mol. The molecular weight excluding hydrogens is 478 g/mol. The first-order valence-electron chi connectivity index (χ1n) is 11.6. The summed E-state index contributed by atoms with van der Waals surface area (Å²) in [7, 11) is 3.50. The number of hydrogen-bond donors (Lipinski definition) is 2. The van der Waals surface area contributed by atoms with Crippen molar-refractivity contribution < 1.29 is 13.5 Å². The molecule has 1 fully saturated rings. The van der Waals surface area contributed by atoms with Crippen LogP contribution in [0.3, 0.4) is 0 Å². The van der Waals surface area contributed by atoms with Gasteiger partial charge >= 0.3 is 5.92 Å². The molecule has 1 saturated carbocycles. The maximum absolute atomic E-state index is 14.8. The van der Waals surface area contributed by atoms with E-state index in [-0.39, 0.29) is 17.4 Å². The van der Waals surface area contributed by atoms with Gasteiger partial charge in [-0.2, -0.15) is 4.98 Å². The smallest absolute Gasteiger partial charge is 0.301 e. The Balaban J connectivity index is 1.58. The van der Waals surface area contributed by atoms with Gasteiger partial charge in [-0.05, 0) is 43.4 Å². The molecule has 0 amide bonds. The molecule has 0 radical (unpaired) electrons. The Kier molecular flexibility index (Phi) is 5.94. The summed E-state index contributed by atoms with van der Waals surface area (Å²) in [6.45, 7) is 2.02. The molecule has 2 N–H and O–H groups in total. The van der Waals surface area contributed by atoms with Gasteiger partial charge in [0.15, 0.2) is 12.4 Å². The summed E-state index contributed by atoms with van der Waals surface area (Å²) in [5.41, 5.74) is 1.05. The molecule has 0 spiro atoms. The molecule has 1 aromatic carbocycles. The van der Waals surface area contributed by atoms with Crippen molar-refractivity contribution in [2.75, 3.05) is 35.7 Å². The van der Waals surface area contributed by atoms with Gasteiger partial charge in [-0.1, -0.05) is 18.5 Å². The molecule has 0 bridgehead atoms. The van der Waals surface area contributed by atoms with Crippen LogP contribution in [0.1, 0.15) is 26.2 Å². The van der Waals surface area contributed by atoms with Crippen LogP contribution in [0.5, 0.6) is 5.75 Å². The van der Waals surface area contributed by atoms with E-state index in [0.717, 1.165) is 25.8 Å². The van der Waals surface area contributed by atoms with Crippen molar-refractivity contribution in [3.63, 3.8) is 0 Å². The number of hydrogen-bond acceptors (Lipinski definition) is 7. The van der Waals surface area contributed by atoms with E-state index in [1.807, 2.05) is 11.9 Å². The Morgan fingerprint density at radius 2 is 2.14 bits per heavy atom. The molecule has 3 aromatic rings. The lowest BCUT2D eigenvalue weighted by molar-refractivity contribution is -0.0579. The molecule has 5 rings (SSSR count). The quantitative estimate of drug-likeness (QED) is 0.499. The molecule has 35 heavy (non-hydrogen) atoms. The number of nitrogens with zero attached hydrogens (tertiary/aromatic N) is 4. The summed E-state index contributed by atoms with van der Waals surface area (Å²) >= 11 is 6.35. The highest BCUT2D eigenvalue weighted by atomic mass is 35.5. The average Bonchev–Trinajstić information content (AvgIpc) is 3.66. The van der Waals surface area contributed by atoms with Gasteiger partial charge in [0.05, 0.1) is 23.4 Å². The van der Waals surface area contributed by atoms with Gasteiger partial charge in [-0.15, -0.1) is 0 Å². The molecule has 3 heterocycles. The third-order valence-electron chi connectivity index (χ3n) is 6.50. The summed E-state index contributed by atoms with van der Waals surface area (Å²) in [6.07, 6.45) is 3.92. The van der Waals surface area contributed by atoms with Crippen molar-refractivity contribution in [3.8, 4) is 5.75 Å². The standard InChI is InChI=1S/C24H27ClF2N6O2/c1-4-9-32(2)23-28-11-16(25)21(31-23)29-14-7-8-17-15(10-14)18-19(22(34)33(17)3)35-12-24(26,27)20(30-18)13-5-6-13/h7-8,10-11,13,20,30H,4-6,9,12H2,1-3H3,(H,28,29,31). The van der Waals surface area contributed by atoms with Crippen molar-refractivity contribution >= 4 is 45.6 Å². The fraction of sp³-hybridized carbons (Fsp3) is 0.458. The molecule has 1 atom stereocenters. The zero-order valence-corrected chi connectivity index (χ0v) is 20.5. The van der Waals surface area contributed by atoms with E-state index in [4.69, 9.17) is 16.3 Å². The van der Waals surface area contributed by atoms with Crippen LogP contribution >= 0.6 is 11.6 Å². The predicted octanol–water partition coefficient (Wildman–Crippen LogP) is 4.79.